The number of nitrogens with one attached hydrogen (secondary N) is 1. The van der Waals surface area contributed by atoms with Crippen LogP contribution in [-0.4, -0.2) is 40.5 Å². The number of anilines is 1. The number of hydrogen-bond acceptors (Lipinski definition) is 5. The molecule has 0 radical (unpaired) electrons. The van der Waals surface area contributed by atoms with Gasteiger partial charge in [-0.05, 0) is 31.5 Å². The fraction of sp³-hybridized carbons (Fsp3) is 0.412. The standard InChI is InChI=1S/C17H19N3O4S/c1-3-12(17(23)24)19-16(22)10-6-15(21)20(8-10)11-4-5-14-13(7-11)18-9(2)25-14/h4-5,7,10,12H,3,6,8H2,1-2H3,(H,19,22)(H,23,24). The maximum atomic E-state index is 12.3. The number of nitrogens with zero attached hydrogens (tertiary/aromatic N) is 2. The minimum Gasteiger partial charge on any atom is -0.480 e. The first-order chi connectivity index (χ1) is 11.9. The Bertz CT molecular complexity index is 848. The highest BCUT2D eigenvalue weighted by molar-refractivity contribution is 7.18. The molecule has 2 unspecified atom stereocenters. The molecule has 2 N–H and O–H groups in total. The molecule has 0 spiro atoms. The van der Waals surface area contributed by atoms with Crippen LogP contribution in [0.2, 0.25) is 0 Å². The Hall–Kier alpha value is -2.48. The average Bonchev–Trinajstić information content (AvgIpc) is 3.13. The molecule has 1 saturated heterocycles. The molecule has 1 aliphatic heterocycles. The Morgan fingerprint density at radius 2 is 2.24 bits per heavy atom. The van der Waals surface area contributed by atoms with Crippen LogP contribution in [0.5, 0.6) is 0 Å². The van der Waals surface area contributed by atoms with E-state index in [-0.39, 0.29) is 18.9 Å². The predicted molar refractivity (Wildman–Crippen MR) is 94.7 cm³/mol. The molecule has 0 bridgehead atoms. The summed E-state index contributed by atoms with van der Waals surface area (Å²) in [6, 6.07) is 4.70. The summed E-state index contributed by atoms with van der Waals surface area (Å²) < 4.78 is 1.05. The van der Waals surface area contributed by atoms with Crippen molar-refractivity contribution in [2.24, 2.45) is 5.92 Å². The Labute approximate surface area is 148 Å². The summed E-state index contributed by atoms with van der Waals surface area (Å²) in [4.78, 5) is 41.7. The van der Waals surface area contributed by atoms with E-state index in [9.17, 15) is 14.4 Å². The molecule has 0 saturated carbocycles. The minimum atomic E-state index is -1.07. The van der Waals surface area contributed by atoms with E-state index in [4.69, 9.17) is 5.11 Å². The van der Waals surface area contributed by atoms with Gasteiger partial charge in [0.05, 0.1) is 21.1 Å². The van der Waals surface area contributed by atoms with E-state index in [0.717, 1.165) is 15.2 Å². The van der Waals surface area contributed by atoms with Gasteiger partial charge in [0.2, 0.25) is 11.8 Å². The van der Waals surface area contributed by atoms with Crippen LogP contribution in [0.3, 0.4) is 0 Å². The van der Waals surface area contributed by atoms with Crippen LogP contribution in [-0.2, 0) is 14.4 Å². The first kappa shape index (κ1) is 17.3. The lowest BCUT2D eigenvalue weighted by atomic mass is 10.1. The van der Waals surface area contributed by atoms with Crippen molar-refractivity contribution in [3.05, 3.63) is 23.2 Å². The van der Waals surface area contributed by atoms with Crippen molar-refractivity contribution in [1.82, 2.24) is 10.3 Å². The zero-order valence-corrected chi connectivity index (χ0v) is 14.8. The second-order valence-corrected chi connectivity index (χ2v) is 7.33. The zero-order chi connectivity index (χ0) is 18.1. The number of carboxylic acid groups (broad SMARTS) is 1. The number of aryl methyl sites for hydroxylation is 1. The van der Waals surface area contributed by atoms with Gasteiger partial charge in [0.15, 0.2) is 0 Å². The van der Waals surface area contributed by atoms with Gasteiger partial charge in [-0.15, -0.1) is 11.3 Å². The topological polar surface area (TPSA) is 99.6 Å². The minimum absolute atomic E-state index is 0.0794. The molecule has 2 heterocycles. The third-order valence-corrected chi connectivity index (χ3v) is 5.26. The molecule has 8 heteroatoms. The fourth-order valence-electron chi connectivity index (χ4n) is 2.96. The second-order valence-electron chi connectivity index (χ2n) is 6.10. The Balaban J connectivity index is 1.74. The predicted octanol–water partition coefficient (Wildman–Crippen LogP) is 1.94. The molecular formula is C17H19N3O4S. The Kier molecular flexibility index (Phi) is 4.71. The number of fused-ring (bicyclic) bond motifs is 1. The van der Waals surface area contributed by atoms with Crippen LogP contribution < -0.4 is 10.2 Å². The van der Waals surface area contributed by atoms with Crippen molar-refractivity contribution in [1.29, 1.82) is 0 Å². The molecule has 7 nitrogen and oxygen atoms in total. The van der Waals surface area contributed by atoms with Gasteiger partial charge in [-0.25, -0.2) is 9.78 Å². The van der Waals surface area contributed by atoms with Gasteiger partial charge >= 0.3 is 5.97 Å². The van der Waals surface area contributed by atoms with E-state index >= 15 is 0 Å². The highest BCUT2D eigenvalue weighted by atomic mass is 32.1. The van der Waals surface area contributed by atoms with Gasteiger partial charge in [0.1, 0.15) is 6.04 Å². The summed E-state index contributed by atoms with van der Waals surface area (Å²) in [5.41, 5.74) is 1.54. The first-order valence-corrected chi connectivity index (χ1v) is 8.91. The number of carbonyl (C=O) groups excluding carboxylic acids is 2. The molecule has 1 aliphatic rings. The van der Waals surface area contributed by atoms with E-state index < -0.39 is 23.8 Å². The third kappa shape index (κ3) is 3.48. The molecule has 2 aromatic rings. The van der Waals surface area contributed by atoms with E-state index in [2.05, 4.69) is 10.3 Å². The van der Waals surface area contributed by atoms with Crippen LogP contribution >= 0.6 is 11.3 Å². The molecule has 1 aromatic carbocycles. The van der Waals surface area contributed by atoms with Crippen molar-refractivity contribution in [3.8, 4) is 0 Å². The number of amides is 2. The monoisotopic (exact) mass is 361 g/mol. The number of carboxylic acids is 1. The van der Waals surface area contributed by atoms with Gasteiger partial charge in [-0.1, -0.05) is 6.92 Å². The van der Waals surface area contributed by atoms with Crippen LogP contribution in [0, 0.1) is 12.8 Å². The average molecular weight is 361 g/mol. The smallest absolute Gasteiger partial charge is 0.326 e. The lowest BCUT2D eigenvalue weighted by Crippen LogP contribution is -2.43. The fourth-order valence-corrected chi connectivity index (χ4v) is 3.77. The number of carbonyl (C=O) groups is 3. The van der Waals surface area contributed by atoms with E-state index in [1.165, 1.54) is 0 Å². The summed E-state index contributed by atoms with van der Waals surface area (Å²) in [6.07, 6.45) is 0.376. The number of aliphatic carboxylic acids is 1. The van der Waals surface area contributed by atoms with Gasteiger partial charge in [-0.2, -0.15) is 0 Å². The maximum Gasteiger partial charge on any atom is 0.326 e. The molecule has 3 rings (SSSR count). The summed E-state index contributed by atoms with van der Waals surface area (Å²) in [5, 5.41) is 12.5. The van der Waals surface area contributed by atoms with Crippen LogP contribution in [0.1, 0.15) is 24.8 Å². The molecule has 1 fully saturated rings. The summed E-state index contributed by atoms with van der Waals surface area (Å²) >= 11 is 1.59. The Morgan fingerprint density at radius 3 is 2.92 bits per heavy atom. The molecule has 25 heavy (non-hydrogen) atoms. The van der Waals surface area contributed by atoms with Gasteiger partial charge in [0.25, 0.3) is 0 Å². The van der Waals surface area contributed by atoms with Gasteiger partial charge < -0.3 is 15.3 Å². The zero-order valence-electron chi connectivity index (χ0n) is 14.0. The highest BCUT2D eigenvalue weighted by Gasteiger charge is 2.36. The number of aromatic nitrogens is 1. The number of thiazole rings is 1. The summed E-state index contributed by atoms with van der Waals surface area (Å²) in [6.45, 7) is 3.86. The van der Waals surface area contributed by atoms with Crippen molar-refractivity contribution in [2.75, 3.05) is 11.4 Å². The van der Waals surface area contributed by atoms with Crippen molar-refractivity contribution < 1.29 is 19.5 Å². The van der Waals surface area contributed by atoms with Crippen molar-refractivity contribution >= 4 is 45.0 Å². The number of hydrogen-bond donors (Lipinski definition) is 2. The number of benzene rings is 1. The van der Waals surface area contributed by atoms with E-state index in [1.54, 1.807) is 23.2 Å². The lowest BCUT2D eigenvalue weighted by Gasteiger charge is -2.18. The Morgan fingerprint density at radius 1 is 1.48 bits per heavy atom. The summed E-state index contributed by atoms with van der Waals surface area (Å²) in [5.74, 6) is -2.15. The van der Waals surface area contributed by atoms with E-state index in [1.807, 2.05) is 25.1 Å². The van der Waals surface area contributed by atoms with Crippen LogP contribution in [0.15, 0.2) is 18.2 Å². The first-order valence-electron chi connectivity index (χ1n) is 8.09. The van der Waals surface area contributed by atoms with E-state index in [0.29, 0.717) is 12.1 Å². The van der Waals surface area contributed by atoms with Crippen molar-refractivity contribution in [3.63, 3.8) is 0 Å². The highest BCUT2D eigenvalue weighted by Crippen LogP contribution is 2.30. The lowest BCUT2D eigenvalue weighted by molar-refractivity contribution is -0.142. The largest absolute Gasteiger partial charge is 0.480 e. The summed E-state index contributed by atoms with van der Waals surface area (Å²) in [7, 11) is 0. The molecule has 2 amide bonds. The quantitative estimate of drug-likeness (QED) is 0.848. The molecule has 132 valence electrons. The molecular weight excluding hydrogens is 342 g/mol. The second kappa shape index (κ2) is 6.79. The molecule has 0 aliphatic carbocycles. The normalized spacial score (nSPS) is 18.6. The van der Waals surface area contributed by atoms with Gasteiger partial charge in [0, 0.05) is 18.7 Å². The van der Waals surface area contributed by atoms with Gasteiger partial charge in [-0.3, -0.25) is 9.59 Å². The molecule has 1 aromatic heterocycles. The molecule has 2 atom stereocenters. The SMILES string of the molecule is CCC(NC(=O)C1CC(=O)N(c2ccc3sc(C)nc3c2)C1)C(=O)O. The third-order valence-electron chi connectivity index (χ3n) is 4.31. The van der Waals surface area contributed by atoms with Crippen LogP contribution in [0.4, 0.5) is 5.69 Å². The van der Waals surface area contributed by atoms with Crippen molar-refractivity contribution in [2.45, 2.75) is 32.7 Å². The maximum absolute atomic E-state index is 12.3. The number of rotatable bonds is 5. The van der Waals surface area contributed by atoms with Crippen LogP contribution in [0.25, 0.3) is 10.2 Å².